The van der Waals surface area contributed by atoms with E-state index in [1.807, 2.05) is 0 Å². The largest absolute Gasteiger partial charge is 0.327 e. The lowest BCUT2D eigenvalue weighted by Crippen LogP contribution is -2.41. The predicted octanol–water partition coefficient (Wildman–Crippen LogP) is 2.84. The molecule has 2 aliphatic carbocycles. The van der Waals surface area contributed by atoms with Crippen molar-refractivity contribution in [2.75, 3.05) is 0 Å². The van der Waals surface area contributed by atoms with Crippen LogP contribution in [0.1, 0.15) is 42.7 Å². The maximum Gasteiger partial charge on any atom is 0.0114 e. The van der Waals surface area contributed by atoms with Crippen LogP contribution in [-0.4, -0.2) is 6.04 Å². The zero-order chi connectivity index (χ0) is 10.3. The minimum atomic E-state index is 0.408. The minimum absolute atomic E-state index is 0.408. The molecule has 1 aromatic rings. The Hall–Kier alpha value is -0.820. The second-order valence-electron chi connectivity index (χ2n) is 5.12. The third-order valence-corrected chi connectivity index (χ3v) is 4.28. The maximum atomic E-state index is 6.30. The fraction of sp³-hybridized carbons (Fsp3) is 0.571. The Bertz CT molecular complexity index is 358. The molecule has 0 saturated heterocycles. The molecule has 0 bridgehead atoms. The lowest BCUT2D eigenvalue weighted by molar-refractivity contribution is 0.245. The van der Waals surface area contributed by atoms with E-state index in [2.05, 4.69) is 24.3 Å². The summed E-state index contributed by atoms with van der Waals surface area (Å²) < 4.78 is 0. The summed E-state index contributed by atoms with van der Waals surface area (Å²) in [4.78, 5) is 0. The quantitative estimate of drug-likeness (QED) is 0.686. The van der Waals surface area contributed by atoms with Crippen LogP contribution in [0.25, 0.3) is 0 Å². The van der Waals surface area contributed by atoms with E-state index in [0.717, 1.165) is 18.3 Å². The Labute approximate surface area is 91.7 Å². The van der Waals surface area contributed by atoms with Gasteiger partial charge in [0.25, 0.3) is 0 Å². The van der Waals surface area contributed by atoms with Crippen LogP contribution < -0.4 is 5.73 Å². The van der Waals surface area contributed by atoms with Gasteiger partial charge in [0.15, 0.2) is 0 Å². The zero-order valence-electron chi connectivity index (χ0n) is 9.15. The fourth-order valence-electron chi connectivity index (χ4n) is 3.55. The number of benzene rings is 1. The highest BCUT2D eigenvalue weighted by Crippen LogP contribution is 2.44. The SMILES string of the molecule is N[C@@H]1Cc2ccccc2[C@H]2CCCC[C@H]12. The standard InChI is InChI=1S/C14H19N/c15-14-9-10-5-1-2-6-11(10)12-7-3-4-8-13(12)14/h1-2,5-6,12-14H,3-4,7-9,15H2/t12-,13+,14-/m1/s1. The van der Waals surface area contributed by atoms with Crippen molar-refractivity contribution in [1.29, 1.82) is 0 Å². The molecule has 0 spiro atoms. The highest BCUT2D eigenvalue weighted by molar-refractivity contribution is 5.35. The molecule has 0 radical (unpaired) electrons. The zero-order valence-corrected chi connectivity index (χ0v) is 9.15. The molecule has 3 rings (SSSR count). The fourth-order valence-corrected chi connectivity index (χ4v) is 3.55. The second-order valence-corrected chi connectivity index (χ2v) is 5.12. The van der Waals surface area contributed by atoms with Crippen molar-refractivity contribution >= 4 is 0 Å². The van der Waals surface area contributed by atoms with Gasteiger partial charge in [0.05, 0.1) is 0 Å². The summed E-state index contributed by atoms with van der Waals surface area (Å²) >= 11 is 0. The van der Waals surface area contributed by atoms with Gasteiger partial charge in [0.2, 0.25) is 0 Å². The number of hydrogen-bond acceptors (Lipinski definition) is 1. The van der Waals surface area contributed by atoms with Crippen LogP contribution in [0.2, 0.25) is 0 Å². The topological polar surface area (TPSA) is 26.0 Å². The molecule has 0 aromatic heterocycles. The first-order valence-electron chi connectivity index (χ1n) is 6.19. The van der Waals surface area contributed by atoms with E-state index in [0.29, 0.717) is 6.04 Å². The van der Waals surface area contributed by atoms with E-state index in [1.165, 1.54) is 31.2 Å². The maximum absolute atomic E-state index is 6.30. The lowest BCUT2D eigenvalue weighted by Gasteiger charge is -2.41. The molecule has 0 unspecified atom stereocenters. The average molecular weight is 201 g/mol. The molecule has 1 heteroatoms. The Morgan fingerprint density at radius 1 is 1.07 bits per heavy atom. The molecule has 80 valence electrons. The van der Waals surface area contributed by atoms with E-state index < -0.39 is 0 Å². The van der Waals surface area contributed by atoms with Gasteiger partial charge in [0.1, 0.15) is 0 Å². The normalized spacial score (nSPS) is 34.3. The summed E-state index contributed by atoms with van der Waals surface area (Å²) in [5.74, 6) is 1.52. The minimum Gasteiger partial charge on any atom is -0.327 e. The summed E-state index contributed by atoms with van der Waals surface area (Å²) in [6.45, 7) is 0. The van der Waals surface area contributed by atoms with Crippen LogP contribution in [0.15, 0.2) is 24.3 Å². The smallest absolute Gasteiger partial charge is 0.0114 e. The molecule has 0 amide bonds. The number of nitrogens with two attached hydrogens (primary N) is 1. The second kappa shape index (κ2) is 3.64. The Kier molecular flexibility index (Phi) is 2.28. The summed E-state index contributed by atoms with van der Waals surface area (Å²) in [7, 11) is 0. The van der Waals surface area contributed by atoms with Crippen molar-refractivity contribution < 1.29 is 0 Å². The van der Waals surface area contributed by atoms with Crippen LogP contribution in [-0.2, 0) is 6.42 Å². The Balaban J connectivity index is 2.02. The van der Waals surface area contributed by atoms with Crippen LogP contribution in [0.3, 0.4) is 0 Å². The van der Waals surface area contributed by atoms with Gasteiger partial charge in [-0.15, -0.1) is 0 Å². The van der Waals surface area contributed by atoms with E-state index in [1.54, 1.807) is 5.56 Å². The van der Waals surface area contributed by atoms with E-state index in [9.17, 15) is 0 Å². The van der Waals surface area contributed by atoms with Gasteiger partial charge in [-0.05, 0) is 42.2 Å². The van der Waals surface area contributed by atoms with E-state index in [-0.39, 0.29) is 0 Å². The first-order valence-corrected chi connectivity index (χ1v) is 6.19. The molecular weight excluding hydrogens is 182 g/mol. The van der Waals surface area contributed by atoms with Crippen LogP contribution in [0.4, 0.5) is 0 Å². The first-order chi connectivity index (χ1) is 7.36. The molecule has 15 heavy (non-hydrogen) atoms. The molecule has 0 heterocycles. The Morgan fingerprint density at radius 2 is 1.87 bits per heavy atom. The van der Waals surface area contributed by atoms with Crippen molar-refractivity contribution in [3.05, 3.63) is 35.4 Å². The highest BCUT2D eigenvalue weighted by atomic mass is 14.7. The van der Waals surface area contributed by atoms with Gasteiger partial charge in [-0.2, -0.15) is 0 Å². The summed E-state index contributed by atoms with van der Waals surface area (Å²) in [6, 6.07) is 9.32. The molecule has 1 fully saturated rings. The first kappa shape index (κ1) is 9.41. The van der Waals surface area contributed by atoms with Crippen LogP contribution in [0, 0.1) is 5.92 Å². The molecule has 3 atom stereocenters. The predicted molar refractivity (Wildman–Crippen MR) is 62.8 cm³/mol. The number of fused-ring (bicyclic) bond motifs is 3. The van der Waals surface area contributed by atoms with Gasteiger partial charge in [-0.1, -0.05) is 37.1 Å². The summed E-state index contributed by atoms with van der Waals surface area (Å²) in [5.41, 5.74) is 9.41. The third kappa shape index (κ3) is 1.50. The van der Waals surface area contributed by atoms with Gasteiger partial charge < -0.3 is 5.73 Å². The van der Waals surface area contributed by atoms with Crippen molar-refractivity contribution in [1.82, 2.24) is 0 Å². The van der Waals surface area contributed by atoms with E-state index >= 15 is 0 Å². The third-order valence-electron chi connectivity index (χ3n) is 4.28. The van der Waals surface area contributed by atoms with Gasteiger partial charge >= 0.3 is 0 Å². The molecule has 2 N–H and O–H groups in total. The molecule has 0 aliphatic heterocycles. The Morgan fingerprint density at radius 3 is 2.80 bits per heavy atom. The molecule has 2 aliphatic rings. The van der Waals surface area contributed by atoms with Crippen LogP contribution >= 0.6 is 0 Å². The van der Waals surface area contributed by atoms with Crippen molar-refractivity contribution in [3.63, 3.8) is 0 Å². The molecule has 1 aromatic carbocycles. The van der Waals surface area contributed by atoms with Crippen molar-refractivity contribution in [2.24, 2.45) is 11.7 Å². The molecule has 1 nitrogen and oxygen atoms in total. The molecular formula is C14H19N. The monoisotopic (exact) mass is 201 g/mol. The van der Waals surface area contributed by atoms with Crippen molar-refractivity contribution in [3.8, 4) is 0 Å². The van der Waals surface area contributed by atoms with Gasteiger partial charge in [-0.25, -0.2) is 0 Å². The number of rotatable bonds is 0. The number of hydrogen-bond donors (Lipinski definition) is 1. The van der Waals surface area contributed by atoms with Crippen molar-refractivity contribution in [2.45, 2.75) is 44.1 Å². The van der Waals surface area contributed by atoms with Gasteiger partial charge in [0, 0.05) is 6.04 Å². The van der Waals surface area contributed by atoms with E-state index in [4.69, 9.17) is 5.73 Å². The lowest BCUT2D eigenvalue weighted by atomic mass is 9.66. The average Bonchev–Trinajstić information content (AvgIpc) is 2.30. The highest BCUT2D eigenvalue weighted by Gasteiger charge is 2.35. The van der Waals surface area contributed by atoms with Gasteiger partial charge in [-0.3, -0.25) is 0 Å². The summed E-state index contributed by atoms with van der Waals surface area (Å²) in [6.07, 6.45) is 6.58. The van der Waals surface area contributed by atoms with Crippen LogP contribution in [0.5, 0.6) is 0 Å². The summed E-state index contributed by atoms with van der Waals surface area (Å²) in [5, 5.41) is 0. The molecule has 1 saturated carbocycles.